The van der Waals surface area contributed by atoms with E-state index in [1.165, 1.54) is 0 Å². The van der Waals surface area contributed by atoms with Gasteiger partial charge >= 0.3 is 5.97 Å². The summed E-state index contributed by atoms with van der Waals surface area (Å²) in [6, 6.07) is 23.3. The molecule has 2 unspecified atom stereocenters. The lowest BCUT2D eigenvalue weighted by Crippen LogP contribution is -2.39. The van der Waals surface area contributed by atoms with Crippen molar-refractivity contribution in [1.29, 1.82) is 0 Å². The van der Waals surface area contributed by atoms with Crippen LogP contribution in [0.25, 0.3) is 0 Å². The van der Waals surface area contributed by atoms with Gasteiger partial charge in [0.1, 0.15) is 12.6 Å². The van der Waals surface area contributed by atoms with Gasteiger partial charge in [0.2, 0.25) is 0 Å². The zero-order valence-electron chi connectivity index (χ0n) is 18.6. The van der Waals surface area contributed by atoms with Crippen LogP contribution in [0.5, 0.6) is 11.5 Å². The predicted molar refractivity (Wildman–Crippen MR) is 132 cm³/mol. The summed E-state index contributed by atoms with van der Waals surface area (Å²) in [5.41, 5.74) is 3.12. The third kappa shape index (κ3) is 5.57. The van der Waals surface area contributed by atoms with Gasteiger partial charge in [-0.05, 0) is 60.7 Å². The van der Waals surface area contributed by atoms with E-state index in [0.717, 1.165) is 34.1 Å². The molecular formula is C27H28BrNO4. The molecule has 1 N–H and O–H groups in total. The van der Waals surface area contributed by atoms with Gasteiger partial charge in [0.05, 0.1) is 12.6 Å². The first-order valence-electron chi connectivity index (χ1n) is 11.2. The van der Waals surface area contributed by atoms with Gasteiger partial charge in [0, 0.05) is 11.0 Å². The first-order valence-corrected chi connectivity index (χ1v) is 12.0. The maximum absolute atomic E-state index is 12.0. The predicted octanol–water partition coefficient (Wildman–Crippen LogP) is 6.07. The molecule has 1 fully saturated rings. The molecule has 33 heavy (non-hydrogen) atoms. The van der Waals surface area contributed by atoms with Gasteiger partial charge in [-0.15, -0.1) is 0 Å². The molecule has 0 radical (unpaired) electrons. The van der Waals surface area contributed by atoms with Crippen LogP contribution in [0.15, 0.2) is 77.3 Å². The number of carboxylic acid groups (broad SMARTS) is 1. The molecule has 5 nitrogen and oxygen atoms in total. The zero-order valence-corrected chi connectivity index (χ0v) is 20.2. The number of carboxylic acids is 1. The van der Waals surface area contributed by atoms with Crippen molar-refractivity contribution in [2.45, 2.75) is 38.5 Å². The number of rotatable bonds is 9. The van der Waals surface area contributed by atoms with Gasteiger partial charge in [-0.3, -0.25) is 9.69 Å². The number of halogens is 1. The Kier molecular flexibility index (Phi) is 7.68. The molecule has 3 aromatic rings. The van der Waals surface area contributed by atoms with Crippen molar-refractivity contribution in [2.24, 2.45) is 0 Å². The van der Waals surface area contributed by atoms with E-state index < -0.39 is 12.0 Å². The second-order valence-corrected chi connectivity index (χ2v) is 9.02. The molecule has 2 atom stereocenters. The number of hydrogen-bond acceptors (Lipinski definition) is 4. The third-order valence-electron chi connectivity index (χ3n) is 5.92. The quantitative estimate of drug-likeness (QED) is 0.379. The summed E-state index contributed by atoms with van der Waals surface area (Å²) in [7, 11) is 0. The van der Waals surface area contributed by atoms with Crippen LogP contribution < -0.4 is 9.47 Å². The van der Waals surface area contributed by atoms with E-state index in [4.69, 9.17) is 9.47 Å². The number of likely N-dealkylation sites (tertiary alicyclic amines) is 1. The van der Waals surface area contributed by atoms with Crippen LogP contribution in [0.1, 0.15) is 42.5 Å². The number of carbonyl (C=O) groups is 1. The Hall–Kier alpha value is -2.83. The summed E-state index contributed by atoms with van der Waals surface area (Å²) in [5.74, 6) is 0.566. The van der Waals surface area contributed by atoms with E-state index in [1.54, 1.807) is 0 Å². The Bertz CT molecular complexity index is 1070. The van der Waals surface area contributed by atoms with Gasteiger partial charge in [-0.25, -0.2) is 0 Å². The van der Waals surface area contributed by atoms with Gasteiger partial charge in [0.15, 0.2) is 11.5 Å². The molecule has 1 heterocycles. The molecule has 0 bridgehead atoms. The molecule has 172 valence electrons. The lowest BCUT2D eigenvalue weighted by molar-refractivity contribution is -0.142. The van der Waals surface area contributed by atoms with Gasteiger partial charge in [-0.1, -0.05) is 64.5 Å². The molecule has 4 rings (SSSR count). The van der Waals surface area contributed by atoms with E-state index in [1.807, 2.05) is 79.7 Å². The second-order valence-electron chi connectivity index (χ2n) is 8.10. The summed E-state index contributed by atoms with van der Waals surface area (Å²) < 4.78 is 13.0. The number of benzene rings is 3. The first-order chi connectivity index (χ1) is 16.1. The van der Waals surface area contributed by atoms with Crippen molar-refractivity contribution < 1.29 is 19.4 Å². The Morgan fingerprint density at radius 3 is 2.45 bits per heavy atom. The molecule has 1 saturated heterocycles. The number of aliphatic carboxylic acids is 1. The molecule has 6 heteroatoms. The van der Waals surface area contributed by atoms with E-state index in [9.17, 15) is 9.90 Å². The maximum Gasteiger partial charge on any atom is 0.320 e. The van der Waals surface area contributed by atoms with E-state index >= 15 is 0 Å². The lowest BCUT2D eigenvalue weighted by Gasteiger charge is -2.32. The van der Waals surface area contributed by atoms with Crippen LogP contribution in [0.2, 0.25) is 0 Å². The van der Waals surface area contributed by atoms with E-state index in [2.05, 4.69) is 20.8 Å². The van der Waals surface area contributed by atoms with Crippen molar-refractivity contribution in [2.75, 3.05) is 13.2 Å². The highest BCUT2D eigenvalue weighted by Crippen LogP contribution is 2.39. The molecule has 0 amide bonds. The zero-order chi connectivity index (χ0) is 23.2. The number of ether oxygens (including phenoxy) is 2. The number of nitrogens with zero attached hydrogens (tertiary/aromatic N) is 1. The highest BCUT2D eigenvalue weighted by Gasteiger charge is 2.37. The van der Waals surface area contributed by atoms with Crippen LogP contribution in [0, 0.1) is 0 Å². The minimum absolute atomic E-state index is 0.191. The molecule has 1 aliphatic heterocycles. The van der Waals surface area contributed by atoms with E-state index in [0.29, 0.717) is 31.1 Å². The summed E-state index contributed by atoms with van der Waals surface area (Å²) in [5, 5.41) is 9.84. The largest absolute Gasteiger partial charge is 0.490 e. The fourth-order valence-corrected chi connectivity index (χ4v) is 4.67. The summed E-state index contributed by atoms with van der Waals surface area (Å²) in [4.78, 5) is 14.1. The Labute approximate surface area is 203 Å². The summed E-state index contributed by atoms with van der Waals surface area (Å²) in [6.07, 6.45) is 1.51. The van der Waals surface area contributed by atoms with Crippen molar-refractivity contribution >= 4 is 21.9 Å². The van der Waals surface area contributed by atoms with Gasteiger partial charge < -0.3 is 14.6 Å². The Morgan fingerprint density at radius 2 is 1.76 bits per heavy atom. The Balaban J connectivity index is 1.69. The molecule has 1 aliphatic rings. The molecule has 0 saturated carbocycles. The van der Waals surface area contributed by atoms with Crippen LogP contribution in [-0.2, 0) is 11.4 Å². The van der Waals surface area contributed by atoms with Crippen LogP contribution >= 0.6 is 15.9 Å². The second kappa shape index (κ2) is 10.9. The molecule has 0 aliphatic carbocycles. The van der Waals surface area contributed by atoms with Crippen molar-refractivity contribution in [3.05, 3.63) is 94.0 Å². The normalized spacial score (nSPS) is 17.0. The molecule has 3 aromatic carbocycles. The summed E-state index contributed by atoms with van der Waals surface area (Å²) >= 11 is 3.50. The molecule has 0 aromatic heterocycles. The van der Waals surface area contributed by atoms with Crippen LogP contribution in [-0.4, -0.2) is 35.2 Å². The fourth-order valence-electron chi connectivity index (χ4n) is 4.40. The first kappa shape index (κ1) is 23.3. The lowest BCUT2D eigenvalue weighted by atomic mass is 9.96. The van der Waals surface area contributed by atoms with Gasteiger partial charge in [0.25, 0.3) is 0 Å². The van der Waals surface area contributed by atoms with Crippen molar-refractivity contribution in [3.63, 3.8) is 0 Å². The smallest absolute Gasteiger partial charge is 0.320 e. The average Bonchev–Trinajstić information content (AvgIpc) is 3.31. The SMILES string of the molecule is CCOc1cc(C(c2ccc(Br)cc2)N2CCCC2C(=O)O)ccc1OCc1ccccc1. The van der Waals surface area contributed by atoms with Crippen molar-refractivity contribution in [3.8, 4) is 11.5 Å². The summed E-state index contributed by atoms with van der Waals surface area (Å²) in [6.45, 7) is 3.63. The molecule has 0 spiro atoms. The third-order valence-corrected chi connectivity index (χ3v) is 6.45. The molecular weight excluding hydrogens is 482 g/mol. The van der Waals surface area contributed by atoms with Crippen molar-refractivity contribution in [1.82, 2.24) is 4.90 Å². The minimum atomic E-state index is -0.776. The Morgan fingerprint density at radius 1 is 1.03 bits per heavy atom. The maximum atomic E-state index is 12.0. The minimum Gasteiger partial charge on any atom is -0.490 e. The number of hydrogen-bond donors (Lipinski definition) is 1. The van der Waals surface area contributed by atoms with Crippen LogP contribution in [0.3, 0.4) is 0 Å². The highest BCUT2D eigenvalue weighted by molar-refractivity contribution is 9.10. The van der Waals surface area contributed by atoms with Gasteiger partial charge in [-0.2, -0.15) is 0 Å². The monoisotopic (exact) mass is 509 g/mol. The highest BCUT2D eigenvalue weighted by atomic mass is 79.9. The average molecular weight is 510 g/mol. The van der Waals surface area contributed by atoms with E-state index in [-0.39, 0.29) is 6.04 Å². The topological polar surface area (TPSA) is 59.0 Å². The standard InChI is InChI=1S/C27H28BrNO4/c1-2-32-25-17-21(12-15-24(25)33-18-19-7-4-3-5-8-19)26(20-10-13-22(28)14-11-20)29-16-6-9-23(29)27(30)31/h3-5,7-8,10-15,17,23,26H,2,6,9,16,18H2,1H3,(H,30,31). The van der Waals surface area contributed by atoms with Crippen LogP contribution in [0.4, 0.5) is 0 Å². The fraction of sp³-hybridized carbons (Fsp3) is 0.296.